The van der Waals surface area contributed by atoms with Gasteiger partial charge in [-0.2, -0.15) is 23.4 Å². The Labute approximate surface area is 254 Å². The molecule has 0 saturated carbocycles. The van der Waals surface area contributed by atoms with Crippen LogP contribution < -0.4 is 0 Å². The highest BCUT2D eigenvalue weighted by Gasteiger charge is 2.36. The Morgan fingerprint density at radius 2 is 1.63 bits per heavy atom. The van der Waals surface area contributed by atoms with E-state index in [-0.39, 0.29) is 34.6 Å². The fraction of sp³-hybridized carbons (Fsp3) is 0.103. The monoisotopic (exact) mass is 724 g/mol. The van der Waals surface area contributed by atoms with Crippen molar-refractivity contribution in [1.82, 2.24) is 20.0 Å². The summed E-state index contributed by atoms with van der Waals surface area (Å²) in [4.78, 5) is 0. The largest absolute Gasteiger partial charge is 0.505 e. The van der Waals surface area contributed by atoms with Crippen molar-refractivity contribution in [3.05, 3.63) is 91.6 Å². The van der Waals surface area contributed by atoms with Gasteiger partial charge in [0.2, 0.25) is 0 Å². The van der Waals surface area contributed by atoms with Crippen LogP contribution in [0.4, 0.5) is 26.3 Å². The Morgan fingerprint density at radius 3 is 2.35 bits per heavy atom. The van der Waals surface area contributed by atoms with E-state index in [0.717, 1.165) is 6.07 Å². The second-order valence-electron chi connectivity index (χ2n) is 9.80. The maximum Gasteiger partial charge on any atom is 0.419 e. The van der Waals surface area contributed by atoms with Gasteiger partial charge in [0.05, 0.1) is 23.1 Å². The summed E-state index contributed by atoms with van der Waals surface area (Å²) in [6.45, 7) is 1.44. The minimum absolute atomic E-state index is 0.0176. The molecule has 0 radical (unpaired) electrons. The van der Waals surface area contributed by atoms with Gasteiger partial charge in [-0.05, 0) is 66.6 Å². The fourth-order valence-corrected chi connectivity index (χ4v) is 5.75. The van der Waals surface area contributed by atoms with Crippen LogP contribution in [0, 0.1) is 24.4 Å². The number of alkyl halides is 3. The molecule has 3 N–H and O–H groups in total. The number of hydrogen-bond donors (Lipinski definition) is 3. The first-order valence-electron chi connectivity index (χ1n) is 12.3. The maximum absolute atomic E-state index is 14.9. The normalized spacial score (nSPS) is 12.1. The number of hydrogen-bond acceptors (Lipinski definition) is 4. The molecular formula is C29H16Br2F6N4O2. The van der Waals surface area contributed by atoms with Crippen LogP contribution in [0.5, 0.6) is 11.5 Å². The lowest BCUT2D eigenvalue weighted by Gasteiger charge is -2.11. The Bertz CT molecular complexity index is 2110. The van der Waals surface area contributed by atoms with E-state index in [1.807, 2.05) is 0 Å². The Kier molecular flexibility index (Phi) is 6.96. The lowest BCUT2D eigenvalue weighted by atomic mass is 10.0. The number of aromatic hydroxyl groups is 2. The fourth-order valence-electron chi connectivity index (χ4n) is 4.93. The molecule has 0 aliphatic carbocycles. The van der Waals surface area contributed by atoms with Crippen molar-refractivity contribution in [2.75, 3.05) is 0 Å². The predicted molar refractivity (Wildman–Crippen MR) is 154 cm³/mol. The maximum atomic E-state index is 14.9. The number of phenolic OH excluding ortho intramolecular Hbond substituents is 2. The van der Waals surface area contributed by atoms with Crippen LogP contribution in [0.25, 0.3) is 44.3 Å². The van der Waals surface area contributed by atoms with Crippen LogP contribution in [-0.4, -0.2) is 30.2 Å². The molecule has 0 fully saturated rings. The van der Waals surface area contributed by atoms with Crippen molar-refractivity contribution in [2.24, 2.45) is 0 Å². The zero-order valence-electron chi connectivity index (χ0n) is 21.6. The molecule has 2 aromatic heterocycles. The van der Waals surface area contributed by atoms with Crippen molar-refractivity contribution in [3.63, 3.8) is 0 Å². The summed E-state index contributed by atoms with van der Waals surface area (Å²) >= 11 is 6.90. The van der Waals surface area contributed by atoms with E-state index in [1.54, 1.807) is 30.3 Å². The van der Waals surface area contributed by atoms with Gasteiger partial charge in [0.15, 0.2) is 29.0 Å². The molecule has 0 aliphatic rings. The molecule has 2 heterocycles. The van der Waals surface area contributed by atoms with Crippen LogP contribution in [0.1, 0.15) is 16.7 Å². The van der Waals surface area contributed by atoms with Gasteiger partial charge in [0.25, 0.3) is 0 Å². The van der Waals surface area contributed by atoms with E-state index in [9.17, 15) is 36.6 Å². The standard InChI is InChI=1S/C29H16Br2F6N4O2/c1-11-4-17(24(33)28(43)23(11)32)27-16-5-13(19(31)9-20(16)38-39-27)10-41-21-8-14(30)2-3-15(21)26(40-41)12-6-18(29(35,36)37)25(34)22(42)7-12/h2-9,42-43H,10H2,1H3,(H,38,39). The molecule has 43 heavy (non-hydrogen) atoms. The summed E-state index contributed by atoms with van der Waals surface area (Å²) in [5.41, 5.74) is -0.0744. The number of phenols is 2. The molecule has 4 aromatic carbocycles. The number of aromatic amines is 1. The molecule has 6 rings (SSSR count). The summed E-state index contributed by atoms with van der Waals surface area (Å²) in [5, 5.41) is 32.3. The molecule has 0 aliphatic heterocycles. The lowest BCUT2D eigenvalue weighted by Crippen LogP contribution is -2.08. The highest BCUT2D eigenvalue weighted by Crippen LogP contribution is 2.41. The van der Waals surface area contributed by atoms with Crippen molar-refractivity contribution < 1.29 is 36.6 Å². The summed E-state index contributed by atoms with van der Waals surface area (Å²) in [6, 6.07) is 11.1. The van der Waals surface area contributed by atoms with E-state index in [4.69, 9.17) is 0 Å². The molecule has 6 aromatic rings. The average molecular weight is 726 g/mol. The molecule has 14 heteroatoms. The first-order valence-corrected chi connectivity index (χ1v) is 13.9. The van der Waals surface area contributed by atoms with Gasteiger partial charge in [0, 0.05) is 30.8 Å². The number of aryl methyl sites for hydroxylation is 1. The highest BCUT2D eigenvalue weighted by atomic mass is 79.9. The molecule has 0 unspecified atom stereocenters. The third-order valence-corrected chi connectivity index (χ3v) is 8.24. The summed E-state index contributed by atoms with van der Waals surface area (Å²) in [6.07, 6.45) is -5.05. The number of halogens is 8. The molecular weight excluding hydrogens is 710 g/mol. The lowest BCUT2D eigenvalue weighted by molar-refractivity contribution is -0.140. The van der Waals surface area contributed by atoms with Crippen LogP contribution in [0.2, 0.25) is 0 Å². The van der Waals surface area contributed by atoms with E-state index in [2.05, 4.69) is 47.2 Å². The minimum Gasteiger partial charge on any atom is -0.505 e. The molecule has 0 amide bonds. The zero-order valence-corrected chi connectivity index (χ0v) is 24.8. The van der Waals surface area contributed by atoms with Gasteiger partial charge in [-0.3, -0.25) is 9.78 Å². The predicted octanol–water partition coefficient (Wildman–Crippen LogP) is 8.98. The zero-order chi connectivity index (χ0) is 31.0. The second kappa shape index (κ2) is 10.3. The molecule has 0 bridgehead atoms. The van der Waals surface area contributed by atoms with Gasteiger partial charge in [-0.25, -0.2) is 13.2 Å². The van der Waals surface area contributed by atoms with Crippen LogP contribution in [0.15, 0.2) is 57.5 Å². The minimum atomic E-state index is -5.05. The smallest absolute Gasteiger partial charge is 0.419 e. The number of fused-ring (bicyclic) bond motifs is 2. The Morgan fingerprint density at radius 1 is 0.884 bits per heavy atom. The molecule has 0 atom stereocenters. The van der Waals surface area contributed by atoms with Crippen molar-refractivity contribution >= 4 is 53.7 Å². The SMILES string of the molecule is Cc1cc(-c2n[nH]c3cc(Br)c(Cn4nc(-c5cc(O)c(F)c(C(F)(F)F)c5)c5ccc(Br)cc54)cc23)c(F)c(O)c1F. The van der Waals surface area contributed by atoms with E-state index in [1.165, 1.54) is 17.7 Å². The van der Waals surface area contributed by atoms with Crippen molar-refractivity contribution in [2.45, 2.75) is 19.6 Å². The van der Waals surface area contributed by atoms with E-state index in [0.29, 0.717) is 42.4 Å². The van der Waals surface area contributed by atoms with Gasteiger partial charge in [0.1, 0.15) is 11.4 Å². The van der Waals surface area contributed by atoms with Crippen LogP contribution in [-0.2, 0) is 12.7 Å². The second-order valence-corrected chi connectivity index (χ2v) is 11.6. The number of nitrogens with zero attached hydrogens (tertiary/aromatic N) is 3. The third-order valence-electron chi connectivity index (χ3n) is 7.01. The first kappa shape index (κ1) is 29.1. The molecule has 0 saturated heterocycles. The summed E-state index contributed by atoms with van der Waals surface area (Å²) in [7, 11) is 0. The quantitative estimate of drug-likeness (QED) is 0.159. The van der Waals surface area contributed by atoms with E-state index >= 15 is 0 Å². The van der Waals surface area contributed by atoms with Crippen LogP contribution >= 0.6 is 31.9 Å². The number of benzene rings is 4. The first-order chi connectivity index (χ1) is 20.2. The van der Waals surface area contributed by atoms with Gasteiger partial charge in [-0.15, -0.1) is 0 Å². The molecule has 220 valence electrons. The van der Waals surface area contributed by atoms with Gasteiger partial charge < -0.3 is 10.2 Å². The third kappa shape index (κ3) is 4.91. The number of aromatic nitrogens is 4. The van der Waals surface area contributed by atoms with Gasteiger partial charge >= 0.3 is 6.18 Å². The van der Waals surface area contributed by atoms with Crippen molar-refractivity contribution in [1.29, 1.82) is 0 Å². The number of nitrogens with one attached hydrogen (secondary N) is 1. The number of rotatable bonds is 4. The highest BCUT2D eigenvalue weighted by molar-refractivity contribution is 9.10. The van der Waals surface area contributed by atoms with Crippen LogP contribution in [0.3, 0.4) is 0 Å². The Balaban J connectivity index is 1.51. The topological polar surface area (TPSA) is 87.0 Å². The summed E-state index contributed by atoms with van der Waals surface area (Å²) in [5.74, 6) is -6.31. The number of H-pyrrole nitrogens is 1. The van der Waals surface area contributed by atoms with Gasteiger partial charge in [-0.1, -0.05) is 31.9 Å². The van der Waals surface area contributed by atoms with E-state index < -0.39 is 40.7 Å². The summed E-state index contributed by atoms with van der Waals surface area (Å²) < 4.78 is 86.5. The van der Waals surface area contributed by atoms with Crippen molar-refractivity contribution in [3.8, 4) is 34.0 Å². The molecule has 6 nitrogen and oxygen atoms in total. The molecule has 0 spiro atoms. The Hall–Kier alpha value is -4.04. The average Bonchev–Trinajstić information content (AvgIpc) is 3.51.